The van der Waals surface area contributed by atoms with Gasteiger partial charge in [0, 0.05) is 18.7 Å². The zero-order valence-electron chi connectivity index (χ0n) is 18.1. The molecule has 0 bridgehead atoms. The Bertz CT molecular complexity index is 1230. The Morgan fingerprint density at radius 1 is 1.09 bits per heavy atom. The van der Waals surface area contributed by atoms with Crippen LogP contribution < -0.4 is 5.43 Å². The summed E-state index contributed by atoms with van der Waals surface area (Å²) in [7, 11) is 0. The zero-order chi connectivity index (χ0) is 22.8. The predicted molar refractivity (Wildman–Crippen MR) is 121 cm³/mol. The third-order valence-electron chi connectivity index (χ3n) is 6.04. The quantitative estimate of drug-likeness (QED) is 0.392. The van der Waals surface area contributed by atoms with Crippen molar-refractivity contribution in [1.29, 1.82) is 0 Å². The van der Waals surface area contributed by atoms with Crippen LogP contribution in [0.15, 0.2) is 57.7 Å². The lowest BCUT2D eigenvalue weighted by molar-refractivity contribution is -0.384. The maximum absolute atomic E-state index is 13.4. The van der Waals surface area contributed by atoms with Gasteiger partial charge < -0.3 is 14.2 Å². The van der Waals surface area contributed by atoms with Crippen LogP contribution in [0.1, 0.15) is 48.0 Å². The molecule has 3 aromatic rings. The molecule has 0 N–H and O–H groups in total. The first-order valence-corrected chi connectivity index (χ1v) is 10.8. The molecule has 32 heavy (non-hydrogen) atoms. The Hall–Kier alpha value is -3.52. The Labute approximate surface area is 185 Å². The summed E-state index contributed by atoms with van der Waals surface area (Å²) in [6, 6.07) is 12.2. The molecule has 0 aliphatic carbocycles. The molecular weight excluding hydrogens is 410 g/mol. The maximum Gasteiger partial charge on any atom is 0.290 e. The van der Waals surface area contributed by atoms with Crippen molar-refractivity contribution in [3.8, 4) is 0 Å². The van der Waals surface area contributed by atoms with Crippen LogP contribution >= 0.6 is 0 Å². The lowest BCUT2D eigenvalue weighted by Gasteiger charge is -2.26. The Balaban J connectivity index is 1.81. The molecule has 4 rings (SSSR count). The number of nitro groups is 1. The van der Waals surface area contributed by atoms with Gasteiger partial charge in [-0.3, -0.25) is 19.7 Å². The van der Waals surface area contributed by atoms with Gasteiger partial charge in [-0.1, -0.05) is 38.1 Å². The van der Waals surface area contributed by atoms with E-state index in [1.165, 1.54) is 12.1 Å². The van der Waals surface area contributed by atoms with Crippen molar-refractivity contribution in [3.05, 3.63) is 85.8 Å². The first-order chi connectivity index (χ1) is 15.5. The summed E-state index contributed by atoms with van der Waals surface area (Å²) in [5, 5.41) is 11.7. The van der Waals surface area contributed by atoms with Gasteiger partial charge in [0.15, 0.2) is 5.43 Å². The third kappa shape index (κ3) is 3.78. The third-order valence-corrected chi connectivity index (χ3v) is 6.04. The number of fused-ring (bicyclic) bond motifs is 2. The monoisotopic (exact) mass is 435 g/mol. The minimum atomic E-state index is -0.727. The smallest absolute Gasteiger partial charge is 0.290 e. The highest BCUT2D eigenvalue weighted by atomic mass is 16.6. The molecule has 0 radical (unpaired) electrons. The topological polar surface area (TPSA) is 96.9 Å². The second-order valence-electron chi connectivity index (χ2n) is 7.80. The Kier molecular flexibility index (Phi) is 6.05. The Morgan fingerprint density at radius 3 is 2.56 bits per heavy atom. The van der Waals surface area contributed by atoms with E-state index in [0.717, 1.165) is 19.6 Å². The molecular formula is C24H25N3O5. The van der Waals surface area contributed by atoms with Crippen molar-refractivity contribution in [3.63, 3.8) is 0 Å². The molecule has 0 saturated heterocycles. The summed E-state index contributed by atoms with van der Waals surface area (Å²) in [5.41, 5.74) is 0.760. The van der Waals surface area contributed by atoms with Gasteiger partial charge in [0.25, 0.3) is 11.6 Å². The molecule has 1 aromatic heterocycles. The van der Waals surface area contributed by atoms with Crippen molar-refractivity contribution in [2.75, 3.05) is 26.2 Å². The maximum atomic E-state index is 13.4. The number of nitrogens with zero attached hydrogens (tertiary/aromatic N) is 3. The molecule has 166 valence electrons. The first kappa shape index (κ1) is 21.7. The second-order valence-corrected chi connectivity index (χ2v) is 7.80. The predicted octanol–water partition coefficient (Wildman–Crippen LogP) is 3.98. The summed E-state index contributed by atoms with van der Waals surface area (Å²) in [6.07, 6.45) is 0.709. The van der Waals surface area contributed by atoms with Gasteiger partial charge in [-0.25, -0.2) is 0 Å². The highest BCUT2D eigenvalue weighted by Crippen LogP contribution is 2.39. The van der Waals surface area contributed by atoms with Crippen LogP contribution in [-0.2, 0) is 0 Å². The summed E-state index contributed by atoms with van der Waals surface area (Å²) in [5.74, 6) is -0.341. The fourth-order valence-electron chi connectivity index (χ4n) is 4.36. The number of hydrogen-bond donors (Lipinski definition) is 0. The minimum absolute atomic E-state index is 0.0213. The number of carbonyl (C=O) groups is 1. The molecule has 8 heteroatoms. The van der Waals surface area contributed by atoms with E-state index in [-0.39, 0.29) is 28.3 Å². The van der Waals surface area contributed by atoms with Crippen molar-refractivity contribution >= 4 is 22.6 Å². The highest BCUT2D eigenvalue weighted by molar-refractivity contribution is 5.99. The van der Waals surface area contributed by atoms with Crippen molar-refractivity contribution < 1.29 is 14.1 Å². The standard InChI is InChI=1S/C24H25N3O5/c1-3-25(4-2)13-8-14-26-21(16-9-7-10-17(15-16)27(30)31)20-22(28)18-11-5-6-12-19(18)32-23(20)24(26)29/h5-7,9-12,15,21H,3-4,8,13-14H2,1-2H3. The molecule has 2 aromatic carbocycles. The fraction of sp³-hybridized carbons (Fsp3) is 0.333. The minimum Gasteiger partial charge on any atom is -0.450 e. The van der Waals surface area contributed by atoms with Gasteiger partial charge in [0.1, 0.15) is 5.58 Å². The first-order valence-electron chi connectivity index (χ1n) is 10.8. The molecule has 1 unspecified atom stereocenters. The van der Waals surface area contributed by atoms with Gasteiger partial charge >= 0.3 is 0 Å². The van der Waals surface area contributed by atoms with Gasteiger partial charge in [-0.2, -0.15) is 0 Å². The molecule has 1 atom stereocenters. The van der Waals surface area contributed by atoms with Crippen LogP contribution in [0.3, 0.4) is 0 Å². The molecule has 2 heterocycles. The van der Waals surface area contributed by atoms with Crippen LogP contribution in [0.5, 0.6) is 0 Å². The number of amides is 1. The summed E-state index contributed by atoms with van der Waals surface area (Å²) >= 11 is 0. The second kappa shape index (κ2) is 8.92. The van der Waals surface area contributed by atoms with E-state index in [0.29, 0.717) is 29.5 Å². The van der Waals surface area contributed by atoms with Gasteiger partial charge in [0.05, 0.1) is 21.9 Å². The average molecular weight is 435 g/mol. The fourth-order valence-corrected chi connectivity index (χ4v) is 4.36. The Morgan fingerprint density at radius 2 is 1.84 bits per heavy atom. The summed E-state index contributed by atoms with van der Waals surface area (Å²) in [6.45, 7) is 7.19. The van der Waals surface area contributed by atoms with Crippen LogP contribution in [0.2, 0.25) is 0 Å². The zero-order valence-corrected chi connectivity index (χ0v) is 18.1. The normalized spacial score (nSPS) is 15.5. The molecule has 1 amide bonds. The van der Waals surface area contributed by atoms with E-state index in [1.54, 1.807) is 41.3 Å². The van der Waals surface area contributed by atoms with Crippen LogP contribution in [0, 0.1) is 10.1 Å². The van der Waals surface area contributed by atoms with E-state index in [2.05, 4.69) is 18.7 Å². The van der Waals surface area contributed by atoms with Crippen LogP contribution in [0.4, 0.5) is 5.69 Å². The molecule has 0 fully saturated rings. The number of nitro benzene ring substituents is 1. The molecule has 0 saturated carbocycles. The van der Waals surface area contributed by atoms with E-state index < -0.39 is 11.0 Å². The largest absolute Gasteiger partial charge is 0.450 e. The molecule has 1 aliphatic heterocycles. The number of carbonyl (C=O) groups excluding carboxylic acids is 1. The van der Waals surface area contributed by atoms with E-state index >= 15 is 0 Å². The molecule has 8 nitrogen and oxygen atoms in total. The summed E-state index contributed by atoms with van der Waals surface area (Å²) in [4.78, 5) is 41.5. The van der Waals surface area contributed by atoms with E-state index in [4.69, 9.17) is 4.42 Å². The number of hydrogen-bond acceptors (Lipinski definition) is 6. The number of non-ortho nitro benzene ring substituents is 1. The van der Waals surface area contributed by atoms with Crippen molar-refractivity contribution in [2.45, 2.75) is 26.3 Å². The van der Waals surface area contributed by atoms with Gasteiger partial charge in [0.2, 0.25) is 5.76 Å². The summed E-state index contributed by atoms with van der Waals surface area (Å²) < 4.78 is 5.89. The lowest BCUT2D eigenvalue weighted by Crippen LogP contribution is -2.33. The van der Waals surface area contributed by atoms with E-state index in [9.17, 15) is 19.7 Å². The van der Waals surface area contributed by atoms with Crippen molar-refractivity contribution in [1.82, 2.24) is 9.80 Å². The van der Waals surface area contributed by atoms with Crippen molar-refractivity contribution in [2.24, 2.45) is 0 Å². The number of para-hydroxylation sites is 1. The number of rotatable bonds is 8. The molecule has 1 aliphatic rings. The molecule has 0 spiro atoms. The van der Waals surface area contributed by atoms with Crippen LogP contribution in [-0.4, -0.2) is 46.8 Å². The lowest BCUT2D eigenvalue weighted by atomic mass is 9.98. The van der Waals surface area contributed by atoms with Crippen LogP contribution in [0.25, 0.3) is 11.0 Å². The van der Waals surface area contributed by atoms with Gasteiger partial charge in [-0.05, 0) is 43.8 Å². The van der Waals surface area contributed by atoms with Gasteiger partial charge in [-0.15, -0.1) is 0 Å². The SMILES string of the molecule is CCN(CC)CCCN1C(=O)c2oc3ccccc3c(=O)c2C1c1cccc([N+](=O)[O-])c1. The number of benzene rings is 2. The average Bonchev–Trinajstić information content (AvgIpc) is 3.09. The van der Waals surface area contributed by atoms with E-state index in [1.807, 2.05) is 0 Å². The highest BCUT2D eigenvalue weighted by Gasteiger charge is 2.42.